The van der Waals surface area contributed by atoms with Gasteiger partial charge in [-0.3, -0.25) is 19.2 Å². The predicted molar refractivity (Wildman–Crippen MR) is 145 cm³/mol. The van der Waals surface area contributed by atoms with Gasteiger partial charge in [0.2, 0.25) is 11.7 Å². The third kappa shape index (κ3) is 4.76. The van der Waals surface area contributed by atoms with Gasteiger partial charge in [-0.05, 0) is 68.9 Å². The lowest BCUT2D eigenvalue weighted by molar-refractivity contribution is -0.181. The van der Waals surface area contributed by atoms with E-state index in [1.807, 2.05) is 13.0 Å². The van der Waals surface area contributed by atoms with Crippen LogP contribution < -0.4 is 0 Å². The smallest absolute Gasteiger partial charge is 0.328 e. The number of hydrogen-bond donors (Lipinski definition) is 2. The lowest BCUT2D eigenvalue weighted by atomic mass is 9.46. The van der Waals surface area contributed by atoms with Crippen LogP contribution in [0.3, 0.4) is 0 Å². The summed E-state index contributed by atoms with van der Waals surface area (Å²) in [5.41, 5.74) is -2.05. The van der Waals surface area contributed by atoms with E-state index in [-0.39, 0.29) is 55.1 Å². The molecule has 1 heterocycles. The number of Topliss-reactive ketones (excluding diaryl/α,β-unsaturated/α-hetero) is 1. The number of methoxy groups -OCH3 is 1. The summed E-state index contributed by atoms with van der Waals surface area (Å²) in [7, 11) is 1.27. The van der Waals surface area contributed by atoms with Gasteiger partial charge < -0.3 is 24.6 Å². The van der Waals surface area contributed by atoms with Gasteiger partial charge in [-0.2, -0.15) is 0 Å². The van der Waals surface area contributed by atoms with Crippen LogP contribution in [0.4, 0.5) is 0 Å². The molecule has 5 aliphatic rings. The van der Waals surface area contributed by atoms with Gasteiger partial charge in [0, 0.05) is 29.7 Å². The number of aliphatic hydroxyl groups excluding tert-OH is 1. The van der Waals surface area contributed by atoms with Crippen molar-refractivity contribution in [2.75, 3.05) is 20.3 Å². The average Bonchev–Trinajstić information content (AvgIpc) is 3.53. The number of ketones is 2. The zero-order valence-corrected chi connectivity index (χ0v) is 24.1. The topological polar surface area (TPSA) is 148 Å². The van der Waals surface area contributed by atoms with Crippen molar-refractivity contribution in [1.82, 2.24) is 4.90 Å². The molecule has 2 N–H and O–H groups in total. The van der Waals surface area contributed by atoms with Crippen molar-refractivity contribution >= 4 is 29.4 Å². The van der Waals surface area contributed by atoms with Crippen molar-refractivity contribution in [2.45, 2.75) is 89.4 Å². The van der Waals surface area contributed by atoms with Crippen LogP contribution in [-0.4, -0.2) is 82.5 Å². The predicted octanol–water partition coefficient (Wildman–Crippen LogP) is 2.05. The highest BCUT2D eigenvalue weighted by molar-refractivity contribution is 6.01. The number of carbonyl (C=O) groups is 5. The van der Waals surface area contributed by atoms with Crippen LogP contribution in [0.1, 0.15) is 71.6 Å². The van der Waals surface area contributed by atoms with E-state index in [1.165, 1.54) is 12.0 Å². The van der Waals surface area contributed by atoms with Crippen molar-refractivity contribution in [3.63, 3.8) is 0 Å². The van der Waals surface area contributed by atoms with Crippen molar-refractivity contribution in [2.24, 2.45) is 28.6 Å². The molecule has 1 aliphatic heterocycles. The van der Waals surface area contributed by atoms with E-state index in [0.717, 1.165) is 18.4 Å². The Labute approximate surface area is 240 Å². The van der Waals surface area contributed by atoms with E-state index in [2.05, 4.69) is 6.92 Å². The van der Waals surface area contributed by atoms with Gasteiger partial charge in [0.1, 0.15) is 11.6 Å². The van der Waals surface area contributed by atoms with Crippen LogP contribution in [0.25, 0.3) is 0 Å². The Bertz CT molecular complexity index is 1210. The van der Waals surface area contributed by atoms with E-state index in [1.54, 1.807) is 12.2 Å². The summed E-state index contributed by atoms with van der Waals surface area (Å²) in [6.45, 7) is 3.74. The first kappa shape index (κ1) is 29.6. The molecule has 0 bridgehead atoms. The molecule has 1 saturated heterocycles. The minimum Gasteiger partial charge on any atom is -0.467 e. The molecule has 10 nitrogen and oxygen atoms in total. The van der Waals surface area contributed by atoms with Crippen molar-refractivity contribution in [3.05, 3.63) is 23.8 Å². The number of ether oxygens (including phenoxy) is 2. The Morgan fingerprint density at radius 1 is 1.12 bits per heavy atom. The van der Waals surface area contributed by atoms with Gasteiger partial charge in [-0.25, -0.2) is 4.79 Å². The van der Waals surface area contributed by atoms with Gasteiger partial charge >= 0.3 is 11.9 Å². The second kappa shape index (κ2) is 10.8. The molecular formula is C31H41NO9. The molecule has 0 spiro atoms. The van der Waals surface area contributed by atoms with E-state index in [9.17, 15) is 34.2 Å². The zero-order chi connectivity index (χ0) is 29.7. The van der Waals surface area contributed by atoms with Crippen molar-refractivity contribution in [1.29, 1.82) is 0 Å². The second-order valence-corrected chi connectivity index (χ2v) is 13.0. The molecule has 0 radical (unpaired) electrons. The number of allylic oxidation sites excluding steroid dienone is 4. The van der Waals surface area contributed by atoms with E-state index >= 15 is 0 Å². The van der Waals surface area contributed by atoms with Gasteiger partial charge in [0.25, 0.3) is 0 Å². The molecule has 8 atom stereocenters. The Morgan fingerprint density at radius 3 is 2.61 bits per heavy atom. The Balaban J connectivity index is 1.20. The second-order valence-electron chi connectivity index (χ2n) is 13.0. The van der Waals surface area contributed by atoms with Crippen LogP contribution in [0, 0.1) is 28.6 Å². The molecule has 10 heteroatoms. The Morgan fingerprint density at radius 2 is 1.88 bits per heavy atom. The Hall–Kier alpha value is -2.85. The molecule has 5 rings (SSSR count). The molecule has 0 unspecified atom stereocenters. The number of esters is 2. The van der Waals surface area contributed by atoms with Crippen LogP contribution in [0.5, 0.6) is 0 Å². The highest BCUT2D eigenvalue weighted by Gasteiger charge is 2.68. The highest BCUT2D eigenvalue weighted by Crippen LogP contribution is 2.67. The number of rotatable bonds is 7. The third-order valence-corrected chi connectivity index (χ3v) is 11.1. The number of hydrogen-bond acceptors (Lipinski definition) is 9. The number of carbonyl (C=O) groups excluding carboxylic acids is 5. The van der Waals surface area contributed by atoms with Crippen LogP contribution in [0.2, 0.25) is 0 Å². The zero-order valence-electron chi connectivity index (χ0n) is 24.1. The Kier molecular flexibility index (Phi) is 7.78. The highest BCUT2D eigenvalue weighted by atomic mass is 16.5. The van der Waals surface area contributed by atoms with Crippen LogP contribution >= 0.6 is 0 Å². The minimum absolute atomic E-state index is 0.00852. The van der Waals surface area contributed by atoms with Crippen LogP contribution in [-0.2, 0) is 33.4 Å². The number of likely N-dealkylation sites (tertiary alicyclic amines) is 1. The fraction of sp³-hybridized carbons (Fsp3) is 0.710. The summed E-state index contributed by atoms with van der Waals surface area (Å²) in [6, 6.07) is -0.646. The number of aliphatic hydroxyl groups is 2. The molecule has 1 amide bonds. The molecule has 4 fully saturated rings. The normalized spacial score (nSPS) is 39.3. The monoisotopic (exact) mass is 571 g/mol. The van der Waals surface area contributed by atoms with Crippen LogP contribution in [0.15, 0.2) is 23.8 Å². The van der Waals surface area contributed by atoms with Gasteiger partial charge in [-0.1, -0.05) is 25.5 Å². The molecular weight excluding hydrogens is 530 g/mol. The van der Waals surface area contributed by atoms with E-state index in [0.29, 0.717) is 25.8 Å². The third-order valence-electron chi connectivity index (χ3n) is 11.1. The summed E-state index contributed by atoms with van der Waals surface area (Å²) in [4.78, 5) is 63.8. The number of nitrogens with zero attached hydrogens (tertiary/aromatic N) is 1. The quantitative estimate of drug-likeness (QED) is 0.438. The summed E-state index contributed by atoms with van der Waals surface area (Å²) >= 11 is 0. The summed E-state index contributed by atoms with van der Waals surface area (Å²) < 4.78 is 9.98. The fourth-order valence-corrected chi connectivity index (χ4v) is 8.93. The fourth-order valence-electron chi connectivity index (χ4n) is 8.93. The first-order valence-corrected chi connectivity index (χ1v) is 14.8. The van der Waals surface area contributed by atoms with Gasteiger partial charge in [-0.15, -0.1) is 0 Å². The molecule has 41 heavy (non-hydrogen) atoms. The maximum absolute atomic E-state index is 13.4. The van der Waals surface area contributed by atoms with Gasteiger partial charge in [0.15, 0.2) is 12.4 Å². The number of amides is 1. The maximum atomic E-state index is 13.4. The molecule has 0 aromatic carbocycles. The SMILES string of the molecule is COC(=O)[C@@H]1CCCN1C(=O)CCC(=O)OCC(=O)[C@]1(O)CC[C@@H]2[C@@H]3CCC4=CC(=O)C=C[C@]4(C)[C@@H]3[C@@H](O)C[C@@]21C. The lowest BCUT2D eigenvalue weighted by Gasteiger charge is -2.59. The first-order valence-electron chi connectivity index (χ1n) is 14.8. The van der Waals surface area contributed by atoms with E-state index in [4.69, 9.17) is 9.47 Å². The molecule has 3 saturated carbocycles. The van der Waals surface area contributed by atoms with Gasteiger partial charge in [0.05, 0.1) is 19.6 Å². The molecule has 224 valence electrons. The lowest BCUT2D eigenvalue weighted by Crippen LogP contribution is -2.61. The minimum atomic E-state index is -1.75. The summed E-state index contributed by atoms with van der Waals surface area (Å²) in [5, 5.41) is 23.3. The largest absolute Gasteiger partial charge is 0.467 e. The maximum Gasteiger partial charge on any atom is 0.328 e. The average molecular weight is 572 g/mol. The summed E-state index contributed by atoms with van der Waals surface area (Å²) in [6.07, 6.45) is 7.75. The van der Waals surface area contributed by atoms with Crippen molar-refractivity contribution < 1.29 is 43.7 Å². The molecule has 0 aromatic rings. The first-order chi connectivity index (χ1) is 19.4. The summed E-state index contributed by atoms with van der Waals surface area (Å²) in [5.74, 6) is -2.25. The number of fused-ring (bicyclic) bond motifs is 5. The van der Waals surface area contributed by atoms with Crippen molar-refractivity contribution in [3.8, 4) is 0 Å². The molecule has 4 aliphatic carbocycles. The molecule has 0 aromatic heterocycles. The van der Waals surface area contributed by atoms with E-state index < -0.39 is 52.9 Å². The standard InChI is InChI=1S/C31H41NO9/c1-29-12-10-19(33)15-18(29)6-7-20-21-11-13-31(39,30(21,2)16-23(34)27(20)29)24(35)17-41-26(37)9-8-25(36)32-14-4-5-22(32)28(38)40-3/h10,12,15,20-23,27,34,39H,4-9,11,13-14,16-17H2,1-3H3/t20-,21+,22-,23-,27-,29-,30-,31+/m0/s1.